The summed E-state index contributed by atoms with van der Waals surface area (Å²) in [6.07, 6.45) is 6.66. The minimum absolute atomic E-state index is 0.419. The minimum Gasteiger partial charge on any atom is -0.382 e. The third kappa shape index (κ3) is 4.04. The third-order valence-electron chi connectivity index (χ3n) is 4.16. The maximum absolute atomic E-state index is 11.2. The average Bonchev–Trinajstić information content (AvgIpc) is 2.41. The van der Waals surface area contributed by atoms with Gasteiger partial charge in [0.05, 0.1) is 19.3 Å². The van der Waals surface area contributed by atoms with Crippen LogP contribution in [0.3, 0.4) is 0 Å². The van der Waals surface area contributed by atoms with Gasteiger partial charge in [0.25, 0.3) is 0 Å². The van der Waals surface area contributed by atoms with Crippen LogP contribution in [0.15, 0.2) is 0 Å². The van der Waals surface area contributed by atoms with Crippen LogP contribution >= 0.6 is 0 Å². The molecule has 0 amide bonds. The number of piperidine rings is 1. The average molecular weight is 255 g/mol. The standard InChI is InChI=1S/C14H25NO3/c1-17-10-11-18-14-4-2-12(3-5-14)15-8-6-13(16)7-9-15/h12,14H,2-11H2,1H3. The molecule has 0 aromatic heterocycles. The largest absolute Gasteiger partial charge is 0.382 e. The van der Waals surface area contributed by atoms with Crippen LogP contribution in [0, 0.1) is 0 Å². The quantitative estimate of drug-likeness (QED) is 0.700. The number of hydrogen-bond donors (Lipinski definition) is 0. The molecule has 0 aromatic carbocycles. The van der Waals surface area contributed by atoms with E-state index >= 15 is 0 Å². The van der Waals surface area contributed by atoms with Crippen LogP contribution in [0.25, 0.3) is 0 Å². The Bertz CT molecular complexity index is 252. The SMILES string of the molecule is COCCOC1CCC(N2CCC(=O)CC2)CC1. The molecule has 1 aliphatic heterocycles. The van der Waals surface area contributed by atoms with Gasteiger partial charge in [-0.2, -0.15) is 0 Å². The van der Waals surface area contributed by atoms with Gasteiger partial charge in [-0.05, 0) is 25.7 Å². The number of ether oxygens (including phenoxy) is 2. The van der Waals surface area contributed by atoms with Crippen molar-refractivity contribution >= 4 is 5.78 Å². The van der Waals surface area contributed by atoms with Crippen LogP contribution in [0.5, 0.6) is 0 Å². The molecular formula is C14H25NO3. The van der Waals surface area contributed by atoms with Gasteiger partial charge in [-0.3, -0.25) is 9.69 Å². The predicted molar refractivity (Wildman–Crippen MR) is 69.7 cm³/mol. The summed E-state index contributed by atoms with van der Waals surface area (Å²) in [5, 5.41) is 0. The Hall–Kier alpha value is -0.450. The third-order valence-corrected chi connectivity index (χ3v) is 4.16. The van der Waals surface area contributed by atoms with Gasteiger partial charge in [-0.15, -0.1) is 0 Å². The molecule has 4 heteroatoms. The first kappa shape index (κ1) is 14.0. The zero-order valence-corrected chi connectivity index (χ0v) is 11.4. The summed E-state index contributed by atoms with van der Waals surface area (Å²) in [5.41, 5.74) is 0. The number of carbonyl (C=O) groups is 1. The minimum atomic E-state index is 0.419. The molecule has 0 radical (unpaired) electrons. The van der Waals surface area contributed by atoms with Crippen LogP contribution in [0.1, 0.15) is 38.5 Å². The molecule has 1 saturated heterocycles. The van der Waals surface area contributed by atoms with Gasteiger partial charge in [0.15, 0.2) is 0 Å². The summed E-state index contributed by atoms with van der Waals surface area (Å²) in [4.78, 5) is 13.7. The molecule has 104 valence electrons. The fourth-order valence-corrected chi connectivity index (χ4v) is 3.01. The van der Waals surface area contributed by atoms with Crippen molar-refractivity contribution in [3.8, 4) is 0 Å². The van der Waals surface area contributed by atoms with Crippen LogP contribution in [0.4, 0.5) is 0 Å². The molecule has 1 saturated carbocycles. The van der Waals surface area contributed by atoms with Gasteiger partial charge in [0.1, 0.15) is 5.78 Å². The lowest BCUT2D eigenvalue weighted by Crippen LogP contribution is -2.44. The maximum atomic E-state index is 11.2. The van der Waals surface area contributed by atoms with E-state index in [-0.39, 0.29) is 0 Å². The van der Waals surface area contributed by atoms with E-state index in [9.17, 15) is 4.79 Å². The lowest BCUT2D eigenvalue weighted by atomic mass is 9.90. The van der Waals surface area contributed by atoms with Crippen molar-refractivity contribution < 1.29 is 14.3 Å². The Morgan fingerprint density at radius 1 is 1.11 bits per heavy atom. The molecule has 0 bridgehead atoms. The Balaban J connectivity index is 1.65. The Labute approximate surface area is 110 Å². The van der Waals surface area contributed by atoms with E-state index in [1.807, 2.05) is 0 Å². The molecule has 2 fully saturated rings. The maximum Gasteiger partial charge on any atom is 0.135 e. The van der Waals surface area contributed by atoms with Crippen molar-refractivity contribution in [1.29, 1.82) is 0 Å². The number of ketones is 1. The van der Waals surface area contributed by atoms with Crippen molar-refractivity contribution in [2.24, 2.45) is 0 Å². The van der Waals surface area contributed by atoms with E-state index < -0.39 is 0 Å². The summed E-state index contributed by atoms with van der Waals surface area (Å²) in [5.74, 6) is 0.433. The highest BCUT2D eigenvalue weighted by Crippen LogP contribution is 2.26. The topological polar surface area (TPSA) is 38.8 Å². The fourth-order valence-electron chi connectivity index (χ4n) is 3.01. The zero-order chi connectivity index (χ0) is 12.8. The fraction of sp³-hybridized carbons (Fsp3) is 0.929. The summed E-state index contributed by atoms with van der Waals surface area (Å²) in [6, 6.07) is 0.681. The lowest BCUT2D eigenvalue weighted by molar-refractivity contribution is -0.122. The van der Waals surface area contributed by atoms with E-state index in [0.717, 1.165) is 38.8 Å². The van der Waals surface area contributed by atoms with E-state index in [1.54, 1.807) is 7.11 Å². The second-order valence-electron chi connectivity index (χ2n) is 5.37. The van der Waals surface area contributed by atoms with E-state index in [4.69, 9.17) is 9.47 Å². The number of Topliss-reactive ketones (excluding diaryl/α,β-unsaturated/α-hetero) is 1. The molecule has 1 heterocycles. The molecule has 1 aliphatic carbocycles. The molecule has 2 rings (SSSR count). The molecule has 0 aromatic rings. The number of hydrogen-bond acceptors (Lipinski definition) is 4. The lowest BCUT2D eigenvalue weighted by Gasteiger charge is -2.38. The first-order valence-electron chi connectivity index (χ1n) is 7.16. The van der Waals surface area contributed by atoms with Gasteiger partial charge < -0.3 is 9.47 Å². The van der Waals surface area contributed by atoms with Crippen LogP contribution in [0.2, 0.25) is 0 Å². The predicted octanol–water partition coefficient (Wildman–Crippen LogP) is 1.63. The van der Waals surface area contributed by atoms with Gasteiger partial charge in [0.2, 0.25) is 0 Å². The molecule has 4 nitrogen and oxygen atoms in total. The Kier molecular flexibility index (Phi) is 5.60. The monoisotopic (exact) mass is 255 g/mol. The van der Waals surface area contributed by atoms with Crippen molar-refractivity contribution in [2.75, 3.05) is 33.4 Å². The van der Waals surface area contributed by atoms with Gasteiger partial charge in [-0.25, -0.2) is 0 Å². The Morgan fingerprint density at radius 2 is 1.78 bits per heavy atom. The highest BCUT2D eigenvalue weighted by Gasteiger charge is 2.28. The van der Waals surface area contributed by atoms with Crippen LogP contribution in [-0.2, 0) is 14.3 Å². The molecular weight excluding hydrogens is 230 g/mol. The first-order valence-corrected chi connectivity index (χ1v) is 7.16. The summed E-state index contributed by atoms with van der Waals surface area (Å²) in [7, 11) is 1.71. The van der Waals surface area contributed by atoms with Crippen molar-refractivity contribution in [2.45, 2.75) is 50.7 Å². The van der Waals surface area contributed by atoms with Gasteiger partial charge >= 0.3 is 0 Å². The van der Waals surface area contributed by atoms with Crippen LogP contribution in [-0.4, -0.2) is 56.2 Å². The van der Waals surface area contributed by atoms with E-state index in [1.165, 1.54) is 12.8 Å². The first-order chi connectivity index (χ1) is 8.79. The smallest absolute Gasteiger partial charge is 0.135 e. The molecule has 0 unspecified atom stereocenters. The van der Waals surface area contributed by atoms with Gasteiger partial charge in [-0.1, -0.05) is 0 Å². The second kappa shape index (κ2) is 7.22. The summed E-state index contributed by atoms with van der Waals surface area (Å²) < 4.78 is 10.8. The number of carbonyl (C=O) groups excluding carboxylic acids is 1. The molecule has 0 atom stereocenters. The normalized spacial score (nSPS) is 30.6. The Morgan fingerprint density at radius 3 is 2.39 bits per heavy atom. The van der Waals surface area contributed by atoms with Crippen molar-refractivity contribution in [3.63, 3.8) is 0 Å². The number of rotatable bonds is 5. The number of likely N-dealkylation sites (tertiary alicyclic amines) is 1. The number of methoxy groups -OCH3 is 1. The van der Waals surface area contributed by atoms with E-state index in [0.29, 0.717) is 31.1 Å². The summed E-state index contributed by atoms with van der Waals surface area (Å²) >= 11 is 0. The molecule has 2 aliphatic rings. The highest BCUT2D eigenvalue weighted by molar-refractivity contribution is 5.79. The zero-order valence-electron chi connectivity index (χ0n) is 11.4. The molecule has 0 spiro atoms. The summed E-state index contributed by atoms with van der Waals surface area (Å²) in [6.45, 7) is 3.34. The van der Waals surface area contributed by atoms with Crippen molar-refractivity contribution in [3.05, 3.63) is 0 Å². The second-order valence-corrected chi connectivity index (χ2v) is 5.37. The highest BCUT2D eigenvalue weighted by atomic mass is 16.5. The van der Waals surface area contributed by atoms with Crippen molar-refractivity contribution in [1.82, 2.24) is 4.90 Å². The van der Waals surface area contributed by atoms with E-state index in [2.05, 4.69) is 4.90 Å². The van der Waals surface area contributed by atoms with Gasteiger partial charge in [0, 0.05) is 39.1 Å². The molecule has 0 N–H and O–H groups in total. The molecule has 18 heavy (non-hydrogen) atoms. The number of nitrogens with zero attached hydrogens (tertiary/aromatic N) is 1. The van der Waals surface area contributed by atoms with Crippen LogP contribution < -0.4 is 0 Å².